The van der Waals surface area contributed by atoms with Crippen LogP contribution in [0.2, 0.25) is 0 Å². The molecule has 0 radical (unpaired) electrons. The number of likely N-dealkylation sites (N-methyl/N-ethyl adjacent to an activating group) is 1. The predicted octanol–water partition coefficient (Wildman–Crippen LogP) is 1.54. The van der Waals surface area contributed by atoms with Crippen molar-refractivity contribution < 1.29 is 27.5 Å². The Morgan fingerprint density at radius 3 is 2.41 bits per heavy atom. The number of carbonyl (C=O) groups is 2. The Labute approximate surface area is 159 Å². The van der Waals surface area contributed by atoms with E-state index < -0.39 is 22.6 Å². The molecular weight excluding hydrogens is 372 g/mol. The molecule has 0 atom stereocenters. The van der Waals surface area contributed by atoms with E-state index in [0.717, 1.165) is 31.7 Å². The first-order valence-corrected chi connectivity index (χ1v) is 10.3. The van der Waals surface area contributed by atoms with Crippen molar-refractivity contribution in [3.05, 3.63) is 23.8 Å². The van der Waals surface area contributed by atoms with Crippen LogP contribution in [-0.2, 0) is 19.6 Å². The minimum atomic E-state index is -3.99. The van der Waals surface area contributed by atoms with Crippen molar-refractivity contribution in [1.29, 1.82) is 0 Å². The van der Waals surface area contributed by atoms with E-state index in [4.69, 9.17) is 14.6 Å². The third kappa shape index (κ3) is 5.43. The Hall–Kier alpha value is -2.13. The number of esters is 1. The highest BCUT2D eigenvalue weighted by atomic mass is 32.2. The molecule has 0 heterocycles. The van der Waals surface area contributed by atoms with E-state index in [1.807, 2.05) is 0 Å². The van der Waals surface area contributed by atoms with E-state index in [0.29, 0.717) is 5.92 Å². The number of sulfonamides is 1. The molecule has 1 fully saturated rings. The number of benzene rings is 1. The molecule has 0 spiro atoms. The van der Waals surface area contributed by atoms with Gasteiger partial charge in [0.25, 0.3) is 5.91 Å². The first kappa shape index (κ1) is 21.2. The normalized spacial score (nSPS) is 20.0. The maximum atomic E-state index is 12.3. The number of carbonyl (C=O) groups excluding carboxylic acids is 2. The van der Waals surface area contributed by atoms with Crippen LogP contribution in [0.1, 0.15) is 43.0 Å². The number of rotatable bonds is 6. The molecule has 1 saturated carbocycles. The fourth-order valence-electron chi connectivity index (χ4n) is 3.16. The molecule has 2 N–H and O–H groups in total. The van der Waals surface area contributed by atoms with Crippen LogP contribution in [0.25, 0.3) is 0 Å². The summed E-state index contributed by atoms with van der Waals surface area (Å²) in [5, 5.41) is 5.09. The van der Waals surface area contributed by atoms with E-state index in [1.54, 1.807) is 11.9 Å². The zero-order valence-corrected chi connectivity index (χ0v) is 16.6. The highest BCUT2D eigenvalue weighted by molar-refractivity contribution is 7.89. The lowest BCUT2D eigenvalue weighted by molar-refractivity contribution is -0.136. The fraction of sp³-hybridized carbons (Fsp3) is 0.556. The number of nitrogens with zero attached hydrogens (tertiary/aromatic N) is 1. The monoisotopic (exact) mass is 398 g/mol. The zero-order valence-electron chi connectivity index (χ0n) is 15.8. The predicted molar refractivity (Wildman–Crippen MR) is 98.8 cm³/mol. The van der Waals surface area contributed by atoms with Gasteiger partial charge in [0.2, 0.25) is 10.0 Å². The summed E-state index contributed by atoms with van der Waals surface area (Å²) in [7, 11) is -0.940. The molecule has 0 aliphatic heterocycles. The van der Waals surface area contributed by atoms with Crippen molar-refractivity contribution in [2.45, 2.75) is 43.5 Å². The first-order chi connectivity index (χ1) is 12.6. The van der Waals surface area contributed by atoms with Gasteiger partial charge in [0.15, 0.2) is 6.61 Å². The maximum Gasteiger partial charge on any atom is 0.342 e. The lowest BCUT2D eigenvalue weighted by atomic mass is 9.87. The minimum absolute atomic E-state index is 0.106. The molecule has 1 aliphatic carbocycles. The molecule has 0 bridgehead atoms. The second kappa shape index (κ2) is 8.71. The number of ether oxygens (including phenoxy) is 2. The largest absolute Gasteiger partial charge is 0.496 e. The number of nitrogens with two attached hydrogens (primary N) is 1. The summed E-state index contributed by atoms with van der Waals surface area (Å²) in [6.07, 6.45) is 4.00. The van der Waals surface area contributed by atoms with Crippen LogP contribution in [0.4, 0.5) is 0 Å². The molecule has 0 unspecified atom stereocenters. The number of hydrogen-bond donors (Lipinski definition) is 1. The topological polar surface area (TPSA) is 116 Å². The molecule has 2 rings (SSSR count). The van der Waals surface area contributed by atoms with Crippen LogP contribution in [0.3, 0.4) is 0 Å². The van der Waals surface area contributed by atoms with E-state index >= 15 is 0 Å². The van der Waals surface area contributed by atoms with Gasteiger partial charge in [0, 0.05) is 13.1 Å². The molecule has 27 heavy (non-hydrogen) atoms. The maximum absolute atomic E-state index is 12.3. The SMILES string of the molecule is COc1ccc(S(N)(=O)=O)cc1C(=O)OCC(=O)N(C)C1CCC(C)CC1. The van der Waals surface area contributed by atoms with E-state index in [9.17, 15) is 18.0 Å². The Bertz CT molecular complexity index is 800. The second-order valence-electron chi connectivity index (χ2n) is 6.90. The standard InChI is InChI=1S/C18H26N2O6S/c1-12-4-6-13(7-5-12)20(2)17(21)11-26-18(22)15-10-14(27(19,23)24)8-9-16(15)25-3/h8-10,12-13H,4-7,11H2,1-3H3,(H2,19,23,24). The summed E-state index contributed by atoms with van der Waals surface area (Å²) in [6.45, 7) is 1.77. The summed E-state index contributed by atoms with van der Waals surface area (Å²) >= 11 is 0. The van der Waals surface area contributed by atoms with E-state index in [2.05, 4.69) is 6.92 Å². The molecule has 9 heteroatoms. The summed E-state index contributed by atoms with van der Waals surface area (Å²) < 4.78 is 33.1. The van der Waals surface area contributed by atoms with Gasteiger partial charge in [-0.15, -0.1) is 0 Å². The van der Waals surface area contributed by atoms with Gasteiger partial charge < -0.3 is 14.4 Å². The van der Waals surface area contributed by atoms with Crippen molar-refractivity contribution in [3.63, 3.8) is 0 Å². The average Bonchev–Trinajstić information content (AvgIpc) is 2.64. The van der Waals surface area contributed by atoms with Gasteiger partial charge in [0.05, 0.1) is 12.0 Å². The van der Waals surface area contributed by atoms with Gasteiger partial charge in [-0.25, -0.2) is 18.4 Å². The zero-order chi connectivity index (χ0) is 20.2. The van der Waals surface area contributed by atoms with E-state index in [1.165, 1.54) is 19.2 Å². The molecule has 0 saturated heterocycles. The molecule has 1 amide bonds. The van der Waals surface area contributed by atoms with Crippen molar-refractivity contribution in [3.8, 4) is 5.75 Å². The van der Waals surface area contributed by atoms with Gasteiger partial charge in [-0.1, -0.05) is 6.92 Å². The number of primary sulfonamides is 1. The third-order valence-electron chi connectivity index (χ3n) is 4.97. The lowest BCUT2D eigenvalue weighted by Gasteiger charge is -2.33. The molecule has 1 aromatic carbocycles. The van der Waals surface area contributed by atoms with E-state index in [-0.39, 0.29) is 28.2 Å². The number of hydrogen-bond acceptors (Lipinski definition) is 6. The van der Waals surface area contributed by atoms with Crippen molar-refractivity contribution in [2.75, 3.05) is 20.8 Å². The summed E-state index contributed by atoms with van der Waals surface area (Å²) in [4.78, 5) is 26.1. The molecular formula is C18H26N2O6S. The van der Waals surface area contributed by atoms with Gasteiger partial charge in [-0.05, 0) is 49.8 Å². The lowest BCUT2D eigenvalue weighted by Crippen LogP contribution is -2.41. The Morgan fingerprint density at radius 2 is 1.85 bits per heavy atom. The molecule has 0 aromatic heterocycles. The van der Waals surface area contributed by atoms with Gasteiger partial charge in [-0.3, -0.25) is 4.79 Å². The summed E-state index contributed by atoms with van der Waals surface area (Å²) in [5.41, 5.74) is -0.106. The minimum Gasteiger partial charge on any atom is -0.496 e. The van der Waals surface area contributed by atoms with Gasteiger partial charge >= 0.3 is 5.97 Å². The van der Waals surface area contributed by atoms with Gasteiger partial charge in [0.1, 0.15) is 11.3 Å². The van der Waals surface area contributed by atoms with Crippen molar-refractivity contribution in [1.82, 2.24) is 4.90 Å². The van der Waals surface area contributed by atoms with Gasteiger partial charge in [-0.2, -0.15) is 0 Å². The molecule has 1 aromatic rings. The number of amides is 1. The average molecular weight is 398 g/mol. The Kier molecular flexibility index (Phi) is 6.83. The quantitative estimate of drug-likeness (QED) is 0.727. The van der Waals surface area contributed by atoms with Crippen LogP contribution in [0, 0.1) is 5.92 Å². The highest BCUT2D eigenvalue weighted by Crippen LogP contribution is 2.27. The van der Waals surface area contributed by atoms with Crippen LogP contribution in [-0.4, -0.2) is 52.0 Å². The van der Waals surface area contributed by atoms with Crippen molar-refractivity contribution in [2.24, 2.45) is 11.1 Å². The third-order valence-corrected chi connectivity index (χ3v) is 5.88. The van der Waals surface area contributed by atoms with Crippen molar-refractivity contribution >= 4 is 21.9 Å². The number of methoxy groups -OCH3 is 1. The van der Waals surface area contributed by atoms with Crippen LogP contribution < -0.4 is 9.88 Å². The van der Waals surface area contributed by atoms with Crippen LogP contribution >= 0.6 is 0 Å². The molecule has 8 nitrogen and oxygen atoms in total. The Morgan fingerprint density at radius 1 is 1.22 bits per heavy atom. The summed E-state index contributed by atoms with van der Waals surface area (Å²) in [5.74, 6) is -0.351. The van der Waals surface area contributed by atoms with Crippen LogP contribution in [0.5, 0.6) is 5.75 Å². The van der Waals surface area contributed by atoms with Crippen LogP contribution in [0.15, 0.2) is 23.1 Å². The Balaban J connectivity index is 2.03. The molecule has 1 aliphatic rings. The fourth-order valence-corrected chi connectivity index (χ4v) is 3.70. The summed E-state index contributed by atoms with van der Waals surface area (Å²) in [6, 6.07) is 3.77. The highest BCUT2D eigenvalue weighted by Gasteiger charge is 2.26. The first-order valence-electron chi connectivity index (χ1n) is 8.77. The molecule has 150 valence electrons. The smallest absolute Gasteiger partial charge is 0.342 e. The second-order valence-corrected chi connectivity index (χ2v) is 8.46.